The van der Waals surface area contributed by atoms with E-state index < -0.39 is 0 Å². The summed E-state index contributed by atoms with van der Waals surface area (Å²) in [6.45, 7) is 0.0746. The predicted octanol–water partition coefficient (Wildman–Crippen LogP) is 3.12. The molecule has 3 aromatic carbocycles. The van der Waals surface area contributed by atoms with Gasteiger partial charge in [0.1, 0.15) is 11.5 Å². The predicted molar refractivity (Wildman–Crippen MR) is 103 cm³/mol. The molecule has 3 aromatic rings. The van der Waals surface area contributed by atoms with Crippen molar-refractivity contribution in [2.45, 2.75) is 0 Å². The number of hydrazone groups is 1. The minimum Gasteiger partial charge on any atom is -0.507 e. The van der Waals surface area contributed by atoms with Crippen molar-refractivity contribution in [1.29, 1.82) is 0 Å². The number of anilines is 1. The number of carbonyl (C=O) groups excluding carboxylic acids is 1. The first-order valence-electron chi connectivity index (χ1n) is 8.08. The number of fused-ring (bicyclic) bond motifs is 1. The monoisotopic (exact) mass is 349 g/mol. The zero-order chi connectivity index (χ0) is 18.4. The second-order valence-electron chi connectivity index (χ2n) is 5.59. The molecule has 0 spiro atoms. The van der Waals surface area contributed by atoms with Crippen LogP contribution in [-0.2, 0) is 4.79 Å². The Hall–Kier alpha value is -3.54. The number of amides is 1. The maximum absolute atomic E-state index is 11.9. The van der Waals surface area contributed by atoms with E-state index in [1.54, 1.807) is 13.2 Å². The average Bonchev–Trinajstić information content (AvgIpc) is 2.68. The van der Waals surface area contributed by atoms with Gasteiger partial charge >= 0.3 is 0 Å². The van der Waals surface area contributed by atoms with Gasteiger partial charge < -0.3 is 15.2 Å². The van der Waals surface area contributed by atoms with Crippen LogP contribution in [0.5, 0.6) is 11.5 Å². The van der Waals surface area contributed by atoms with Gasteiger partial charge in [0, 0.05) is 11.3 Å². The van der Waals surface area contributed by atoms with Crippen LogP contribution in [0.2, 0.25) is 0 Å². The van der Waals surface area contributed by atoms with E-state index in [4.69, 9.17) is 4.74 Å². The summed E-state index contributed by atoms with van der Waals surface area (Å²) < 4.78 is 5.08. The Kier molecular flexibility index (Phi) is 5.34. The van der Waals surface area contributed by atoms with Gasteiger partial charge in [0.05, 0.1) is 19.9 Å². The smallest absolute Gasteiger partial charge is 0.259 e. The molecule has 0 aromatic heterocycles. The van der Waals surface area contributed by atoms with Crippen LogP contribution in [0.15, 0.2) is 65.8 Å². The van der Waals surface area contributed by atoms with E-state index in [2.05, 4.69) is 15.8 Å². The Morgan fingerprint density at radius 1 is 1.12 bits per heavy atom. The number of nitrogens with zero attached hydrogens (tertiary/aromatic N) is 1. The topological polar surface area (TPSA) is 83.0 Å². The summed E-state index contributed by atoms with van der Waals surface area (Å²) in [7, 11) is 1.60. The molecule has 0 aliphatic rings. The highest BCUT2D eigenvalue weighted by Gasteiger charge is 2.05. The van der Waals surface area contributed by atoms with Crippen molar-refractivity contribution in [3.63, 3.8) is 0 Å². The molecule has 0 radical (unpaired) electrons. The summed E-state index contributed by atoms with van der Waals surface area (Å²) in [5.41, 5.74) is 3.81. The van der Waals surface area contributed by atoms with Crippen molar-refractivity contribution >= 4 is 28.6 Å². The highest BCUT2D eigenvalue weighted by molar-refractivity contribution is 6.02. The van der Waals surface area contributed by atoms with Crippen molar-refractivity contribution < 1.29 is 14.6 Å². The molecule has 0 unspecified atom stereocenters. The second kappa shape index (κ2) is 8.02. The number of phenolic OH excluding ortho intramolecular Hbond substituents is 1. The molecule has 6 nitrogen and oxygen atoms in total. The molecule has 0 atom stereocenters. The molecule has 0 saturated heterocycles. The zero-order valence-corrected chi connectivity index (χ0v) is 14.3. The molecule has 0 fully saturated rings. The second-order valence-corrected chi connectivity index (χ2v) is 5.59. The zero-order valence-electron chi connectivity index (χ0n) is 14.3. The van der Waals surface area contributed by atoms with Crippen LogP contribution in [0.25, 0.3) is 10.8 Å². The van der Waals surface area contributed by atoms with Crippen molar-refractivity contribution in [1.82, 2.24) is 5.43 Å². The Morgan fingerprint density at radius 3 is 2.65 bits per heavy atom. The number of carbonyl (C=O) groups is 1. The standard InChI is InChI=1S/C20H19N3O3/c1-26-16-9-7-15(8-10-16)21-13-20(25)23-22-12-18-17-5-3-2-4-14(17)6-11-19(18)24/h2-12,21,24H,13H2,1H3,(H,23,25)/b22-12-. The molecule has 6 heteroatoms. The number of rotatable bonds is 6. The lowest BCUT2D eigenvalue weighted by Gasteiger charge is -2.07. The lowest BCUT2D eigenvalue weighted by Crippen LogP contribution is -2.25. The molecule has 3 rings (SSSR count). The summed E-state index contributed by atoms with van der Waals surface area (Å²) >= 11 is 0. The maximum Gasteiger partial charge on any atom is 0.259 e. The molecule has 26 heavy (non-hydrogen) atoms. The largest absolute Gasteiger partial charge is 0.507 e. The molecule has 1 amide bonds. The van der Waals surface area contributed by atoms with E-state index in [0.29, 0.717) is 5.56 Å². The number of hydrogen-bond donors (Lipinski definition) is 3. The molecule has 0 heterocycles. The molecule has 0 aliphatic heterocycles. The summed E-state index contributed by atoms with van der Waals surface area (Å²) in [6, 6.07) is 18.4. The van der Waals surface area contributed by atoms with Crippen molar-refractivity contribution in [2.75, 3.05) is 19.0 Å². The Morgan fingerprint density at radius 2 is 1.88 bits per heavy atom. The van der Waals surface area contributed by atoms with Gasteiger partial charge in [-0.3, -0.25) is 4.79 Å². The van der Waals surface area contributed by atoms with E-state index in [1.807, 2.05) is 54.6 Å². The Bertz CT molecular complexity index is 937. The van der Waals surface area contributed by atoms with Crippen molar-refractivity contribution in [3.05, 3.63) is 66.2 Å². The minimum atomic E-state index is -0.295. The van der Waals surface area contributed by atoms with E-state index in [0.717, 1.165) is 22.2 Å². The van der Waals surface area contributed by atoms with Gasteiger partial charge in [0.15, 0.2) is 0 Å². The first-order chi connectivity index (χ1) is 12.7. The summed E-state index contributed by atoms with van der Waals surface area (Å²) in [6.07, 6.45) is 1.45. The lowest BCUT2D eigenvalue weighted by atomic mass is 10.0. The fourth-order valence-electron chi connectivity index (χ4n) is 2.52. The van der Waals surface area contributed by atoms with Crippen LogP contribution in [0, 0.1) is 0 Å². The van der Waals surface area contributed by atoms with Crippen LogP contribution < -0.4 is 15.5 Å². The van der Waals surface area contributed by atoms with Crippen LogP contribution in [0.1, 0.15) is 5.56 Å². The number of ether oxygens (including phenoxy) is 1. The number of nitrogens with one attached hydrogen (secondary N) is 2. The number of phenols is 1. The fourth-order valence-corrected chi connectivity index (χ4v) is 2.52. The van der Waals surface area contributed by atoms with E-state index in [1.165, 1.54) is 6.21 Å². The summed E-state index contributed by atoms with van der Waals surface area (Å²) in [5.74, 6) is 0.564. The van der Waals surface area contributed by atoms with Crippen LogP contribution in [-0.4, -0.2) is 30.9 Å². The quantitative estimate of drug-likeness (QED) is 0.472. The van der Waals surface area contributed by atoms with Crippen molar-refractivity contribution in [3.8, 4) is 11.5 Å². The summed E-state index contributed by atoms with van der Waals surface area (Å²) in [5, 5.41) is 18.8. The maximum atomic E-state index is 11.9. The van der Waals surface area contributed by atoms with Gasteiger partial charge in [0.2, 0.25) is 0 Å². The van der Waals surface area contributed by atoms with Crippen LogP contribution in [0.4, 0.5) is 5.69 Å². The van der Waals surface area contributed by atoms with E-state index >= 15 is 0 Å². The van der Waals surface area contributed by atoms with Gasteiger partial charge in [-0.2, -0.15) is 5.10 Å². The molecular weight excluding hydrogens is 330 g/mol. The third kappa shape index (κ3) is 4.10. The molecule has 3 N–H and O–H groups in total. The third-order valence-electron chi connectivity index (χ3n) is 3.87. The summed E-state index contributed by atoms with van der Waals surface area (Å²) in [4.78, 5) is 11.9. The van der Waals surface area contributed by atoms with Gasteiger partial charge in [-0.1, -0.05) is 30.3 Å². The molecule has 0 bridgehead atoms. The highest BCUT2D eigenvalue weighted by atomic mass is 16.5. The van der Waals surface area contributed by atoms with Gasteiger partial charge in [0.25, 0.3) is 5.91 Å². The number of hydrogen-bond acceptors (Lipinski definition) is 5. The number of benzene rings is 3. The SMILES string of the molecule is COc1ccc(NCC(=O)N/N=C\c2c(O)ccc3ccccc23)cc1. The number of methoxy groups -OCH3 is 1. The van der Waals surface area contributed by atoms with Crippen LogP contribution in [0.3, 0.4) is 0 Å². The van der Waals surface area contributed by atoms with Crippen molar-refractivity contribution in [2.24, 2.45) is 5.10 Å². The minimum absolute atomic E-state index is 0.0746. The van der Waals surface area contributed by atoms with E-state index in [9.17, 15) is 9.90 Å². The first-order valence-corrected chi connectivity index (χ1v) is 8.08. The van der Waals surface area contributed by atoms with Crippen LogP contribution >= 0.6 is 0 Å². The molecule has 0 saturated carbocycles. The first kappa shape index (κ1) is 17.3. The van der Waals surface area contributed by atoms with Gasteiger partial charge in [-0.25, -0.2) is 5.43 Å². The average molecular weight is 349 g/mol. The highest BCUT2D eigenvalue weighted by Crippen LogP contribution is 2.25. The number of aromatic hydroxyl groups is 1. The Labute approximate surface area is 151 Å². The van der Waals surface area contributed by atoms with Gasteiger partial charge in [-0.15, -0.1) is 0 Å². The molecule has 0 aliphatic carbocycles. The fraction of sp³-hybridized carbons (Fsp3) is 0.100. The lowest BCUT2D eigenvalue weighted by molar-refractivity contribution is -0.119. The normalized spacial score (nSPS) is 10.8. The molecular formula is C20H19N3O3. The third-order valence-corrected chi connectivity index (χ3v) is 3.87. The Balaban J connectivity index is 1.60. The van der Waals surface area contributed by atoms with Gasteiger partial charge in [-0.05, 0) is 41.1 Å². The van der Waals surface area contributed by atoms with E-state index in [-0.39, 0.29) is 18.2 Å². The molecule has 132 valence electrons.